The van der Waals surface area contributed by atoms with Gasteiger partial charge in [0.25, 0.3) is 5.91 Å². The molecule has 2 aromatic rings. The van der Waals surface area contributed by atoms with Crippen molar-refractivity contribution in [2.24, 2.45) is 0 Å². The second-order valence-corrected chi connectivity index (χ2v) is 8.91. The highest BCUT2D eigenvalue weighted by Gasteiger charge is 2.50. The normalized spacial score (nSPS) is 20.1. The van der Waals surface area contributed by atoms with Crippen molar-refractivity contribution in [2.45, 2.75) is 24.8 Å². The molecular weight excluding hydrogens is 352 g/mol. The quantitative estimate of drug-likeness (QED) is 0.860. The van der Waals surface area contributed by atoms with Crippen LogP contribution in [0.3, 0.4) is 0 Å². The largest absolute Gasteiger partial charge is 0.348 e. The maximum atomic E-state index is 12.7. The van der Waals surface area contributed by atoms with Gasteiger partial charge in [-0.05, 0) is 25.0 Å². The number of piperidine rings is 1. The minimum absolute atomic E-state index is 0.00980. The summed E-state index contributed by atoms with van der Waals surface area (Å²) in [5.74, 6) is -0.00980. The van der Waals surface area contributed by atoms with Gasteiger partial charge < -0.3 is 9.88 Å². The molecule has 0 bridgehead atoms. The monoisotopic (exact) mass is 374 g/mol. The zero-order valence-corrected chi connectivity index (χ0v) is 15.5. The van der Waals surface area contributed by atoms with E-state index in [1.54, 1.807) is 10.6 Å². The van der Waals surface area contributed by atoms with Gasteiger partial charge >= 0.3 is 0 Å². The number of hydrogen-bond acceptors (Lipinski definition) is 4. The van der Waals surface area contributed by atoms with E-state index in [-0.39, 0.29) is 5.91 Å². The first-order chi connectivity index (χ1) is 12.4. The molecule has 7 nitrogen and oxygen atoms in total. The lowest BCUT2D eigenvalue weighted by molar-refractivity contribution is 0.0463. The van der Waals surface area contributed by atoms with Crippen molar-refractivity contribution in [2.75, 3.05) is 25.9 Å². The maximum Gasteiger partial charge on any atom is 0.253 e. The van der Waals surface area contributed by atoms with Crippen LogP contribution in [-0.2, 0) is 22.0 Å². The number of aromatic amines is 1. The van der Waals surface area contributed by atoms with Crippen molar-refractivity contribution in [3.05, 3.63) is 53.6 Å². The molecule has 138 valence electrons. The van der Waals surface area contributed by atoms with Gasteiger partial charge in [0.15, 0.2) is 0 Å². The van der Waals surface area contributed by atoms with Gasteiger partial charge in [-0.15, -0.1) is 0 Å². The molecule has 1 N–H and O–H groups in total. The Morgan fingerprint density at radius 3 is 2.50 bits per heavy atom. The Labute approximate surface area is 153 Å². The summed E-state index contributed by atoms with van der Waals surface area (Å²) in [5, 5.41) is 0. The molecular formula is C18H22N4O3S. The third-order valence-electron chi connectivity index (χ3n) is 5.50. The van der Waals surface area contributed by atoms with Gasteiger partial charge in [-0.3, -0.25) is 4.79 Å². The van der Waals surface area contributed by atoms with E-state index >= 15 is 0 Å². The van der Waals surface area contributed by atoms with Gasteiger partial charge in [0.05, 0.1) is 23.8 Å². The average molecular weight is 374 g/mol. The van der Waals surface area contributed by atoms with E-state index in [9.17, 15) is 13.2 Å². The number of likely N-dealkylation sites (tertiary alicyclic amines) is 1. The summed E-state index contributed by atoms with van der Waals surface area (Å²) in [6.07, 6.45) is 4.64. The molecule has 1 fully saturated rings. The smallest absolute Gasteiger partial charge is 0.253 e. The summed E-state index contributed by atoms with van der Waals surface area (Å²) in [6.45, 7) is 1.46. The number of carbonyl (C=O) groups is 1. The van der Waals surface area contributed by atoms with Crippen molar-refractivity contribution in [3.8, 4) is 0 Å². The number of nitrogens with one attached hydrogen (secondary N) is 1. The molecule has 0 radical (unpaired) electrons. The van der Waals surface area contributed by atoms with Crippen LogP contribution in [-0.4, -0.2) is 59.4 Å². The summed E-state index contributed by atoms with van der Waals surface area (Å²) in [6, 6.07) is 9.19. The highest BCUT2D eigenvalue weighted by molar-refractivity contribution is 7.88. The van der Waals surface area contributed by atoms with Gasteiger partial charge in [-0.1, -0.05) is 18.2 Å². The summed E-state index contributed by atoms with van der Waals surface area (Å²) < 4.78 is 26.5. The van der Waals surface area contributed by atoms with Crippen LogP contribution in [0.1, 0.15) is 34.6 Å². The molecule has 3 heterocycles. The Kier molecular flexibility index (Phi) is 4.11. The van der Waals surface area contributed by atoms with Crippen LogP contribution in [0.5, 0.6) is 0 Å². The Morgan fingerprint density at radius 1 is 1.15 bits per heavy atom. The molecule has 1 aromatic carbocycles. The van der Waals surface area contributed by atoms with Crippen molar-refractivity contribution in [3.63, 3.8) is 0 Å². The summed E-state index contributed by atoms with van der Waals surface area (Å²) in [5.41, 5.74) is 1.83. The first-order valence-corrected chi connectivity index (χ1v) is 10.6. The SMILES string of the molecule is CS(=O)(=O)N1CCc2[nH]cnc2C12CCN(C(=O)c1ccccc1)CC2. The van der Waals surface area contributed by atoms with Crippen LogP contribution in [0.25, 0.3) is 0 Å². The molecule has 2 aliphatic heterocycles. The zero-order chi connectivity index (χ0) is 18.4. The van der Waals surface area contributed by atoms with Crippen LogP contribution in [0, 0.1) is 0 Å². The lowest BCUT2D eigenvalue weighted by Crippen LogP contribution is -2.58. The number of amides is 1. The second kappa shape index (κ2) is 6.21. The van der Waals surface area contributed by atoms with Gasteiger partial charge in [-0.25, -0.2) is 13.4 Å². The predicted molar refractivity (Wildman–Crippen MR) is 97.1 cm³/mol. The fourth-order valence-corrected chi connectivity index (χ4v) is 5.60. The highest BCUT2D eigenvalue weighted by atomic mass is 32.2. The topological polar surface area (TPSA) is 86.4 Å². The lowest BCUT2D eigenvalue weighted by Gasteiger charge is -2.49. The fourth-order valence-electron chi connectivity index (χ4n) is 4.27. The molecule has 0 aliphatic carbocycles. The molecule has 1 aromatic heterocycles. The molecule has 0 saturated carbocycles. The number of benzene rings is 1. The van der Waals surface area contributed by atoms with Crippen molar-refractivity contribution in [1.82, 2.24) is 19.2 Å². The number of carbonyl (C=O) groups excluding carboxylic acids is 1. The molecule has 0 atom stereocenters. The van der Waals surface area contributed by atoms with Gasteiger partial charge in [-0.2, -0.15) is 4.31 Å². The van der Waals surface area contributed by atoms with E-state index in [4.69, 9.17) is 0 Å². The highest BCUT2D eigenvalue weighted by Crippen LogP contribution is 2.43. The number of fused-ring (bicyclic) bond motifs is 2. The first kappa shape index (κ1) is 17.2. The van der Waals surface area contributed by atoms with E-state index < -0.39 is 15.6 Å². The Morgan fingerprint density at radius 2 is 1.85 bits per heavy atom. The van der Waals surface area contributed by atoms with Crippen molar-refractivity contribution >= 4 is 15.9 Å². The Balaban J connectivity index is 1.63. The zero-order valence-electron chi connectivity index (χ0n) is 14.7. The number of sulfonamides is 1. The third-order valence-corrected chi connectivity index (χ3v) is 6.83. The fraction of sp³-hybridized carbons (Fsp3) is 0.444. The van der Waals surface area contributed by atoms with Crippen LogP contribution in [0.4, 0.5) is 0 Å². The third kappa shape index (κ3) is 2.73. The summed E-state index contributed by atoms with van der Waals surface area (Å²) in [7, 11) is -3.37. The van der Waals surface area contributed by atoms with Gasteiger partial charge in [0, 0.05) is 37.3 Å². The molecule has 2 aliphatic rings. The maximum absolute atomic E-state index is 12.7. The van der Waals surface area contributed by atoms with Crippen LogP contribution in [0.2, 0.25) is 0 Å². The number of rotatable bonds is 2. The molecule has 26 heavy (non-hydrogen) atoms. The standard InChI is InChI=1S/C18H22N4O3S/c1-26(24,25)22-10-7-15-16(20-13-19-15)18(22)8-11-21(12-9-18)17(23)14-5-3-2-4-6-14/h2-6,13H,7-12H2,1H3,(H,19,20). The second-order valence-electron chi connectivity index (χ2n) is 7.00. The molecule has 1 saturated heterocycles. The molecule has 0 unspecified atom stereocenters. The van der Waals surface area contributed by atoms with Gasteiger partial charge in [0.1, 0.15) is 0 Å². The van der Waals surface area contributed by atoms with E-state index in [0.29, 0.717) is 44.5 Å². The summed E-state index contributed by atoms with van der Waals surface area (Å²) in [4.78, 5) is 22.1. The predicted octanol–water partition coefficient (Wildman–Crippen LogP) is 1.36. The minimum atomic E-state index is -3.37. The molecule has 8 heteroatoms. The van der Waals surface area contributed by atoms with Gasteiger partial charge in [0.2, 0.25) is 10.0 Å². The lowest BCUT2D eigenvalue weighted by atomic mass is 9.80. The van der Waals surface area contributed by atoms with E-state index in [0.717, 1.165) is 11.4 Å². The van der Waals surface area contributed by atoms with Crippen LogP contribution < -0.4 is 0 Å². The Bertz CT molecular complexity index is 915. The summed E-state index contributed by atoms with van der Waals surface area (Å²) >= 11 is 0. The molecule has 1 amide bonds. The Hall–Kier alpha value is -2.19. The first-order valence-electron chi connectivity index (χ1n) is 8.77. The number of H-pyrrole nitrogens is 1. The molecule has 4 rings (SSSR count). The molecule has 1 spiro atoms. The van der Waals surface area contributed by atoms with E-state index in [1.165, 1.54) is 6.26 Å². The number of hydrogen-bond donors (Lipinski definition) is 1. The average Bonchev–Trinajstić information content (AvgIpc) is 3.12. The minimum Gasteiger partial charge on any atom is -0.348 e. The van der Waals surface area contributed by atoms with E-state index in [2.05, 4.69) is 9.97 Å². The van der Waals surface area contributed by atoms with E-state index in [1.807, 2.05) is 35.2 Å². The van der Waals surface area contributed by atoms with Crippen LogP contribution >= 0.6 is 0 Å². The van der Waals surface area contributed by atoms with Crippen molar-refractivity contribution in [1.29, 1.82) is 0 Å². The number of aromatic nitrogens is 2. The van der Waals surface area contributed by atoms with Crippen molar-refractivity contribution < 1.29 is 13.2 Å². The van der Waals surface area contributed by atoms with Crippen LogP contribution in [0.15, 0.2) is 36.7 Å². The number of imidazole rings is 1. The number of nitrogens with zero attached hydrogens (tertiary/aromatic N) is 3.